The topological polar surface area (TPSA) is 73.9 Å². The van der Waals surface area contributed by atoms with E-state index < -0.39 is 35.5 Å². The zero-order valence-corrected chi connectivity index (χ0v) is 10.3. The monoisotopic (exact) mass is 288 g/mol. The number of carbonyl (C=O) groups is 1. The molecule has 0 aliphatic carbocycles. The van der Waals surface area contributed by atoms with E-state index in [1.54, 1.807) is 0 Å². The van der Waals surface area contributed by atoms with E-state index in [0.29, 0.717) is 6.07 Å². The lowest BCUT2D eigenvalue weighted by Crippen LogP contribution is -2.39. The Morgan fingerprint density at radius 2 is 2.05 bits per heavy atom. The number of rotatable bonds is 4. The molecule has 5 nitrogen and oxygen atoms in total. The third kappa shape index (κ3) is 3.61. The Morgan fingerprint density at radius 3 is 2.45 bits per heavy atom. The van der Waals surface area contributed by atoms with Gasteiger partial charge in [-0.25, -0.2) is 9.64 Å². The summed E-state index contributed by atoms with van der Waals surface area (Å²) in [5.74, 6) is -1.40. The Hall–Kier alpha value is -2.27. The van der Waals surface area contributed by atoms with Gasteiger partial charge in [-0.1, -0.05) is 6.07 Å². The van der Waals surface area contributed by atoms with Crippen LogP contribution in [0, 0.1) is 6.57 Å². The zero-order valence-electron chi connectivity index (χ0n) is 10.3. The summed E-state index contributed by atoms with van der Waals surface area (Å²) in [5, 5.41) is 20.4. The van der Waals surface area contributed by atoms with Crippen molar-refractivity contribution in [1.29, 1.82) is 0 Å². The minimum absolute atomic E-state index is 0.141. The van der Waals surface area contributed by atoms with Gasteiger partial charge in [0.1, 0.15) is 0 Å². The summed E-state index contributed by atoms with van der Waals surface area (Å²) in [4.78, 5) is 13.6. The molecule has 0 saturated carbocycles. The van der Waals surface area contributed by atoms with E-state index in [2.05, 4.69) is 10.2 Å². The summed E-state index contributed by atoms with van der Waals surface area (Å²) in [6.45, 7) is 7.88. The van der Waals surface area contributed by atoms with E-state index in [1.807, 2.05) is 0 Å². The number of nitrogens with one attached hydrogen (secondary N) is 1. The highest BCUT2D eigenvalue weighted by atomic mass is 19.4. The summed E-state index contributed by atoms with van der Waals surface area (Å²) in [7, 11) is 0. The maximum Gasteiger partial charge on any atom is 0.407 e. The van der Waals surface area contributed by atoms with Crippen molar-refractivity contribution >= 4 is 17.3 Å². The minimum atomic E-state index is -4.72. The molecule has 1 aromatic rings. The maximum atomic E-state index is 12.7. The number of alkyl halides is 3. The number of aliphatic hydroxyl groups excluding tert-OH is 1. The molecule has 0 saturated heterocycles. The predicted octanol–water partition coefficient (Wildman–Crippen LogP) is 2.50. The van der Waals surface area contributed by atoms with Gasteiger partial charge >= 0.3 is 12.1 Å². The fourth-order valence-corrected chi connectivity index (χ4v) is 1.52. The van der Waals surface area contributed by atoms with Crippen LogP contribution in [0.4, 0.5) is 24.5 Å². The molecule has 0 aliphatic rings. The van der Waals surface area contributed by atoms with Crippen molar-refractivity contribution in [3.05, 3.63) is 35.2 Å². The largest absolute Gasteiger partial charge is 0.480 e. The van der Waals surface area contributed by atoms with Crippen LogP contribution >= 0.6 is 0 Å². The van der Waals surface area contributed by atoms with Gasteiger partial charge < -0.3 is 15.5 Å². The Balaban J connectivity index is 3.16. The molecule has 20 heavy (non-hydrogen) atoms. The molecule has 0 heterocycles. The first kappa shape index (κ1) is 15.8. The van der Waals surface area contributed by atoms with Crippen molar-refractivity contribution in [3.8, 4) is 0 Å². The quantitative estimate of drug-likeness (QED) is 0.744. The van der Waals surface area contributed by atoms with Crippen molar-refractivity contribution < 1.29 is 28.2 Å². The second kappa shape index (κ2) is 5.79. The van der Waals surface area contributed by atoms with Crippen LogP contribution < -0.4 is 5.32 Å². The molecule has 1 aromatic carbocycles. The number of nitrogens with zero attached hydrogens (tertiary/aromatic N) is 1. The molecule has 1 rings (SSSR count). The lowest BCUT2D eigenvalue weighted by Gasteiger charge is -2.19. The van der Waals surface area contributed by atoms with E-state index in [-0.39, 0.29) is 5.69 Å². The number of halogens is 3. The van der Waals surface area contributed by atoms with Crippen LogP contribution in [0.5, 0.6) is 0 Å². The molecule has 0 amide bonds. The number of aliphatic hydroxyl groups is 1. The molecule has 0 radical (unpaired) electrons. The maximum absolute atomic E-state index is 12.7. The predicted molar refractivity (Wildman–Crippen MR) is 64.4 cm³/mol. The molecule has 0 fully saturated rings. The number of carboxylic acids is 1. The SMILES string of the molecule is [C-]#[N+]c1ccc(N[C@@H](C(=O)O)[C@H](C)O)cc1C(F)(F)F. The molecule has 0 spiro atoms. The highest BCUT2D eigenvalue weighted by Crippen LogP contribution is 2.38. The number of aliphatic carboxylic acids is 1. The van der Waals surface area contributed by atoms with Crippen LogP contribution in [0.3, 0.4) is 0 Å². The van der Waals surface area contributed by atoms with Crippen molar-refractivity contribution in [2.75, 3.05) is 5.32 Å². The number of hydrogen-bond donors (Lipinski definition) is 3. The highest BCUT2D eigenvalue weighted by molar-refractivity contribution is 5.78. The first-order chi connectivity index (χ1) is 9.16. The van der Waals surface area contributed by atoms with Crippen LogP contribution in [0.25, 0.3) is 4.85 Å². The molecule has 0 aliphatic heterocycles. The van der Waals surface area contributed by atoms with Gasteiger partial charge in [-0.05, 0) is 19.1 Å². The molecule has 0 bridgehead atoms. The van der Waals surface area contributed by atoms with Gasteiger partial charge in [-0.3, -0.25) is 0 Å². The zero-order chi connectivity index (χ0) is 15.5. The fraction of sp³-hybridized carbons (Fsp3) is 0.333. The van der Waals surface area contributed by atoms with E-state index in [9.17, 15) is 23.1 Å². The van der Waals surface area contributed by atoms with Gasteiger partial charge in [-0.2, -0.15) is 13.2 Å². The van der Waals surface area contributed by atoms with E-state index in [1.165, 1.54) is 6.92 Å². The number of anilines is 1. The van der Waals surface area contributed by atoms with Crippen LogP contribution in [0.15, 0.2) is 18.2 Å². The van der Waals surface area contributed by atoms with Gasteiger partial charge in [0.15, 0.2) is 11.7 Å². The van der Waals surface area contributed by atoms with Gasteiger partial charge in [0, 0.05) is 5.69 Å². The van der Waals surface area contributed by atoms with Crippen molar-refractivity contribution in [3.63, 3.8) is 0 Å². The number of hydrogen-bond acceptors (Lipinski definition) is 3. The lowest BCUT2D eigenvalue weighted by atomic mass is 10.1. The van der Waals surface area contributed by atoms with Crippen LogP contribution in [-0.4, -0.2) is 28.3 Å². The summed E-state index contributed by atoms with van der Waals surface area (Å²) >= 11 is 0. The average molecular weight is 288 g/mol. The Bertz CT molecular complexity index is 550. The van der Waals surface area contributed by atoms with Gasteiger partial charge in [0.25, 0.3) is 0 Å². The Kier molecular flexibility index (Phi) is 4.57. The minimum Gasteiger partial charge on any atom is -0.480 e. The fourth-order valence-electron chi connectivity index (χ4n) is 1.52. The molecule has 2 atom stereocenters. The first-order valence-corrected chi connectivity index (χ1v) is 5.43. The molecular weight excluding hydrogens is 277 g/mol. The number of benzene rings is 1. The molecule has 3 N–H and O–H groups in total. The molecule has 8 heteroatoms. The first-order valence-electron chi connectivity index (χ1n) is 5.43. The van der Waals surface area contributed by atoms with Crippen molar-refractivity contribution in [2.24, 2.45) is 0 Å². The standard InChI is InChI=1S/C12H11F3N2O3/c1-6(18)10(11(19)20)17-7-3-4-9(16-2)8(5-7)12(13,14)15/h3-6,10,17-18H,1H3,(H,19,20)/t6-,10+/m0/s1. The molecular formula is C12H11F3N2O3. The molecule has 108 valence electrons. The van der Waals surface area contributed by atoms with Crippen LogP contribution in [0.2, 0.25) is 0 Å². The van der Waals surface area contributed by atoms with Gasteiger partial charge in [0.2, 0.25) is 0 Å². The third-order valence-corrected chi connectivity index (χ3v) is 2.49. The normalized spacial score (nSPS) is 14.2. The van der Waals surface area contributed by atoms with Crippen molar-refractivity contribution in [2.45, 2.75) is 25.2 Å². The highest BCUT2D eigenvalue weighted by Gasteiger charge is 2.34. The Morgan fingerprint density at radius 1 is 1.45 bits per heavy atom. The third-order valence-electron chi connectivity index (χ3n) is 2.49. The molecule has 0 aromatic heterocycles. The Labute approximate surface area is 112 Å². The summed E-state index contributed by atoms with van der Waals surface area (Å²) in [6.07, 6.45) is -6.02. The van der Waals surface area contributed by atoms with Gasteiger partial charge in [0.05, 0.1) is 18.2 Å². The smallest absolute Gasteiger partial charge is 0.407 e. The van der Waals surface area contributed by atoms with E-state index >= 15 is 0 Å². The second-order valence-electron chi connectivity index (χ2n) is 4.04. The van der Waals surface area contributed by atoms with Crippen LogP contribution in [-0.2, 0) is 11.0 Å². The summed E-state index contributed by atoms with van der Waals surface area (Å²) in [6, 6.07) is 1.29. The molecule has 0 unspecified atom stereocenters. The lowest BCUT2D eigenvalue weighted by molar-refractivity contribution is -0.140. The van der Waals surface area contributed by atoms with Gasteiger partial charge in [-0.15, -0.1) is 0 Å². The summed E-state index contributed by atoms with van der Waals surface area (Å²) < 4.78 is 38.2. The summed E-state index contributed by atoms with van der Waals surface area (Å²) in [5.41, 5.74) is -1.88. The second-order valence-corrected chi connectivity index (χ2v) is 4.04. The average Bonchev–Trinajstić information content (AvgIpc) is 2.33. The van der Waals surface area contributed by atoms with E-state index in [4.69, 9.17) is 11.7 Å². The number of carboxylic acid groups (broad SMARTS) is 1. The van der Waals surface area contributed by atoms with Crippen LogP contribution in [0.1, 0.15) is 12.5 Å². The van der Waals surface area contributed by atoms with Crippen molar-refractivity contribution in [1.82, 2.24) is 0 Å². The van der Waals surface area contributed by atoms with E-state index in [0.717, 1.165) is 12.1 Å².